The van der Waals surface area contributed by atoms with Crippen LogP contribution in [0.15, 0.2) is 47.3 Å². The first kappa shape index (κ1) is 24.0. The Morgan fingerprint density at radius 2 is 1.92 bits per heavy atom. The summed E-state index contributed by atoms with van der Waals surface area (Å²) in [6, 6.07) is 8.01. The Hall–Kier alpha value is -3.75. The van der Waals surface area contributed by atoms with Crippen molar-refractivity contribution in [3.63, 3.8) is 0 Å². The maximum Gasteiger partial charge on any atom is 0.417 e. The van der Waals surface area contributed by atoms with Gasteiger partial charge in [0, 0.05) is 34.7 Å². The lowest BCUT2D eigenvalue weighted by Crippen LogP contribution is -2.17. The van der Waals surface area contributed by atoms with Crippen LogP contribution in [0.5, 0.6) is 0 Å². The van der Waals surface area contributed by atoms with E-state index < -0.39 is 17.7 Å². The van der Waals surface area contributed by atoms with E-state index in [1.54, 1.807) is 35.8 Å². The van der Waals surface area contributed by atoms with Gasteiger partial charge in [0.1, 0.15) is 5.82 Å². The summed E-state index contributed by atoms with van der Waals surface area (Å²) < 4.78 is 55.9. The van der Waals surface area contributed by atoms with E-state index in [1.807, 2.05) is 6.92 Å². The van der Waals surface area contributed by atoms with Crippen LogP contribution < -0.4 is 5.73 Å². The fraction of sp³-hybridized carbons (Fsp3) is 0.333. The number of benzene rings is 1. The largest absolute Gasteiger partial charge is 0.472 e. The van der Waals surface area contributed by atoms with Gasteiger partial charge in [0.15, 0.2) is 5.69 Å². The number of nitrogens with two attached hydrogens (primary N) is 1. The van der Waals surface area contributed by atoms with Crippen LogP contribution in [0.2, 0.25) is 0 Å². The third-order valence-electron chi connectivity index (χ3n) is 6.59. The minimum Gasteiger partial charge on any atom is -0.472 e. The van der Waals surface area contributed by atoms with Gasteiger partial charge in [-0.05, 0) is 43.0 Å². The Bertz CT molecular complexity index is 1400. The summed E-state index contributed by atoms with van der Waals surface area (Å²) in [6.07, 6.45) is 0.120. The normalized spacial score (nSPS) is 13.9. The number of halogens is 3. The van der Waals surface area contributed by atoms with E-state index >= 15 is 0 Å². The van der Waals surface area contributed by atoms with Gasteiger partial charge >= 0.3 is 12.1 Å². The molecule has 5 rings (SSSR count). The van der Waals surface area contributed by atoms with Crippen molar-refractivity contribution in [2.75, 3.05) is 12.3 Å². The Balaban J connectivity index is 1.80. The molecule has 1 fully saturated rings. The topological polar surface area (TPSA) is 83.3 Å². The fourth-order valence-electron chi connectivity index (χ4n) is 4.90. The zero-order chi connectivity index (χ0) is 25.6. The Kier molecular flexibility index (Phi) is 6.02. The molecule has 3 aliphatic rings. The van der Waals surface area contributed by atoms with Gasteiger partial charge in [-0.3, -0.25) is 0 Å². The number of anilines is 1. The Labute approximate surface area is 206 Å². The number of aryl methyl sites for hydroxylation is 1. The van der Waals surface area contributed by atoms with E-state index in [2.05, 4.69) is 0 Å². The molecule has 1 aromatic carbocycles. The maximum atomic E-state index is 14.5. The molecule has 2 N–H and O–H groups in total. The summed E-state index contributed by atoms with van der Waals surface area (Å²) in [5.41, 5.74) is 7.54. The summed E-state index contributed by atoms with van der Waals surface area (Å²) in [7, 11) is 0. The first-order chi connectivity index (χ1) is 17.3. The second-order valence-corrected chi connectivity index (χ2v) is 8.89. The molecule has 2 aliphatic carbocycles. The van der Waals surface area contributed by atoms with Crippen LogP contribution in [-0.2, 0) is 23.9 Å². The lowest BCUT2D eigenvalue weighted by atomic mass is 9.98. The highest BCUT2D eigenvalue weighted by atomic mass is 19.4. The van der Waals surface area contributed by atoms with Crippen LogP contribution >= 0.6 is 0 Å². The van der Waals surface area contributed by atoms with Crippen LogP contribution in [0, 0.1) is 0 Å². The number of nitrogens with zero attached hydrogens (tertiary/aromatic N) is 2. The molecule has 0 bridgehead atoms. The van der Waals surface area contributed by atoms with E-state index in [1.165, 1.54) is 12.3 Å². The van der Waals surface area contributed by atoms with E-state index in [9.17, 15) is 18.0 Å². The average molecular weight is 498 g/mol. The molecule has 2 aromatic rings. The highest BCUT2D eigenvalue weighted by molar-refractivity contribution is 5.94. The monoisotopic (exact) mass is 497 g/mol. The van der Waals surface area contributed by atoms with Crippen LogP contribution in [0.25, 0.3) is 22.3 Å². The van der Waals surface area contributed by atoms with Gasteiger partial charge in [-0.2, -0.15) is 13.2 Å². The van der Waals surface area contributed by atoms with Gasteiger partial charge in [-0.25, -0.2) is 9.78 Å². The van der Waals surface area contributed by atoms with Gasteiger partial charge in [-0.1, -0.05) is 25.1 Å². The third-order valence-corrected chi connectivity index (χ3v) is 6.59. The highest BCUT2D eigenvalue weighted by Gasteiger charge is 2.42. The molecule has 1 aliphatic heterocycles. The molecule has 0 unspecified atom stereocenters. The number of para-hydroxylation sites is 1. The van der Waals surface area contributed by atoms with Gasteiger partial charge < -0.3 is 19.5 Å². The molecular formula is C27H26F3N3O3. The summed E-state index contributed by atoms with van der Waals surface area (Å²) in [5, 5.41) is 0. The van der Waals surface area contributed by atoms with Crippen molar-refractivity contribution < 1.29 is 27.1 Å². The fourth-order valence-corrected chi connectivity index (χ4v) is 4.90. The summed E-state index contributed by atoms with van der Waals surface area (Å²) in [4.78, 5) is 17.8. The van der Waals surface area contributed by atoms with Crippen LogP contribution in [0.4, 0.5) is 18.9 Å². The number of imidazole rings is 1. The Morgan fingerprint density at radius 3 is 2.56 bits per heavy atom. The lowest BCUT2D eigenvalue weighted by molar-refractivity contribution is -0.136. The number of rotatable bonds is 7. The van der Waals surface area contributed by atoms with Gasteiger partial charge in [0.25, 0.3) is 0 Å². The molecular weight excluding hydrogens is 471 g/mol. The standard InChI is InChI=1S/C27H26F3N3O3/c1-3-21-32-24(15-9-10-15)25(26(34)36-4-2)33(21)13-18-16-11-12-35-14-19(16)23(27(28,29)30)22(18)17-7-5-6-8-20(17)31/h5-8,11-12,14-15H,3-4,9-10,13,31H2,1-2H3. The lowest BCUT2D eigenvalue weighted by Gasteiger charge is -2.16. The minimum absolute atomic E-state index is 0.00268. The minimum atomic E-state index is -4.67. The first-order valence-electron chi connectivity index (χ1n) is 11.9. The van der Waals surface area contributed by atoms with Crippen molar-refractivity contribution in [3.05, 3.63) is 71.2 Å². The molecule has 1 aromatic heterocycles. The number of hydrogen-bond acceptors (Lipinski definition) is 5. The van der Waals surface area contributed by atoms with Gasteiger partial charge in [-0.15, -0.1) is 0 Å². The van der Waals surface area contributed by atoms with Crippen molar-refractivity contribution >= 4 is 11.7 Å². The number of nitrogen functional groups attached to an aromatic ring is 1. The molecule has 188 valence electrons. The summed E-state index contributed by atoms with van der Waals surface area (Å²) in [5.74, 6) is 0.255. The first-order valence-corrected chi connectivity index (χ1v) is 11.9. The Morgan fingerprint density at radius 1 is 1.17 bits per heavy atom. The molecule has 2 heterocycles. The molecule has 1 saturated carbocycles. The number of ether oxygens (including phenoxy) is 1. The summed E-state index contributed by atoms with van der Waals surface area (Å²) in [6.45, 7) is 3.80. The van der Waals surface area contributed by atoms with E-state index in [0.29, 0.717) is 34.8 Å². The van der Waals surface area contributed by atoms with Crippen molar-refractivity contribution in [1.29, 1.82) is 0 Å². The predicted molar refractivity (Wildman–Crippen MR) is 129 cm³/mol. The molecule has 36 heavy (non-hydrogen) atoms. The highest BCUT2D eigenvalue weighted by Crippen LogP contribution is 2.51. The SMILES string of the molecule is CCOC(=O)c1c(C2CC2)nc(CC)n1Cc1c2ccocc-2c(C(F)(F)F)c1-c1ccccc1N. The number of carbonyl (C=O) groups excluding carboxylic acids is 1. The molecule has 9 heteroatoms. The number of fused-ring (bicyclic) bond motifs is 1. The molecule has 6 nitrogen and oxygen atoms in total. The number of esters is 1. The maximum absolute atomic E-state index is 14.5. The van der Waals surface area contributed by atoms with Crippen molar-refractivity contribution in [3.8, 4) is 22.3 Å². The summed E-state index contributed by atoms with van der Waals surface area (Å²) >= 11 is 0. The van der Waals surface area contributed by atoms with Crippen molar-refractivity contribution in [2.45, 2.75) is 51.7 Å². The van der Waals surface area contributed by atoms with Crippen molar-refractivity contribution in [2.24, 2.45) is 0 Å². The van der Waals surface area contributed by atoms with Crippen LogP contribution in [-0.4, -0.2) is 22.1 Å². The second kappa shape index (κ2) is 9.04. The molecule has 0 radical (unpaired) electrons. The molecule has 0 amide bonds. The second-order valence-electron chi connectivity index (χ2n) is 8.89. The number of aromatic nitrogens is 2. The predicted octanol–water partition coefficient (Wildman–Crippen LogP) is 6.51. The molecule has 0 spiro atoms. The molecule has 0 saturated heterocycles. The van der Waals surface area contributed by atoms with Crippen LogP contribution in [0.1, 0.15) is 65.7 Å². The zero-order valence-electron chi connectivity index (χ0n) is 20.0. The van der Waals surface area contributed by atoms with E-state index in [4.69, 9.17) is 19.9 Å². The third kappa shape index (κ3) is 4.02. The van der Waals surface area contributed by atoms with E-state index in [-0.39, 0.29) is 41.4 Å². The van der Waals surface area contributed by atoms with Gasteiger partial charge in [0.2, 0.25) is 0 Å². The number of alkyl halides is 3. The van der Waals surface area contributed by atoms with Gasteiger partial charge in [0.05, 0.1) is 36.9 Å². The molecule has 0 atom stereocenters. The smallest absolute Gasteiger partial charge is 0.417 e. The van der Waals surface area contributed by atoms with E-state index in [0.717, 1.165) is 19.1 Å². The van der Waals surface area contributed by atoms with Crippen LogP contribution in [0.3, 0.4) is 0 Å². The zero-order valence-corrected chi connectivity index (χ0v) is 20.0. The van der Waals surface area contributed by atoms with Crippen molar-refractivity contribution in [1.82, 2.24) is 9.55 Å². The quantitative estimate of drug-likeness (QED) is 0.232. The number of carbonyl (C=O) groups is 1. The average Bonchev–Trinajstić information content (AvgIpc) is 3.54. The number of hydrogen-bond donors (Lipinski definition) is 1.